The van der Waals surface area contributed by atoms with Crippen molar-refractivity contribution in [1.29, 1.82) is 0 Å². The van der Waals surface area contributed by atoms with Crippen LogP contribution in [0.1, 0.15) is 32.6 Å². The second-order valence-electron chi connectivity index (χ2n) is 4.61. The highest BCUT2D eigenvalue weighted by Crippen LogP contribution is 2.34. The maximum Gasteiger partial charge on any atom is 0.147 e. The van der Waals surface area contributed by atoms with Crippen molar-refractivity contribution >= 4 is 21.4 Å². The first kappa shape index (κ1) is 12.3. The first-order chi connectivity index (χ1) is 6.38. The van der Waals surface area contributed by atoms with Gasteiger partial charge in [-0.1, -0.05) is 6.92 Å². The van der Waals surface area contributed by atoms with Crippen LogP contribution < -0.4 is 0 Å². The van der Waals surface area contributed by atoms with Gasteiger partial charge < -0.3 is 0 Å². The molecule has 14 heavy (non-hydrogen) atoms. The summed E-state index contributed by atoms with van der Waals surface area (Å²) in [6.07, 6.45) is 5.34. The average molecular weight is 239 g/mol. The van der Waals surface area contributed by atoms with Crippen LogP contribution in [0.4, 0.5) is 0 Å². The molecule has 0 heterocycles. The second kappa shape index (κ2) is 4.84. The summed E-state index contributed by atoms with van der Waals surface area (Å²) < 4.78 is 22.0. The van der Waals surface area contributed by atoms with Gasteiger partial charge in [-0.15, -0.1) is 11.6 Å². The van der Waals surface area contributed by atoms with E-state index in [0.717, 1.165) is 19.3 Å². The van der Waals surface area contributed by atoms with E-state index in [-0.39, 0.29) is 11.1 Å². The number of halogens is 1. The summed E-state index contributed by atoms with van der Waals surface area (Å²) in [5.74, 6) is 1.39. The minimum absolute atomic E-state index is 0.188. The molecule has 0 amide bonds. The summed E-state index contributed by atoms with van der Waals surface area (Å²) in [6, 6.07) is 0. The number of rotatable bonds is 3. The predicted octanol–water partition coefficient (Wildman–Crippen LogP) is 2.46. The van der Waals surface area contributed by atoms with Crippen LogP contribution in [0.3, 0.4) is 0 Å². The van der Waals surface area contributed by atoms with Crippen molar-refractivity contribution in [1.82, 2.24) is 0 Å². The molecule has 2 nitrogen and oxygen atoms in total. The summed E-state index contributed by atoms with van der Waals surface area (Å²) in [5.41, 5.74) is 0. The molecule has 1 fully saturated rings. The summed E-state index contributed by atoms with van der Waals surface area (Å²) in [5, 5.41) is 0.188. The van der Waals surface area contributed by atoms with Crippen molar-refractivity contribution in [2.75, 3.05) is 12.0 Å². The Morgan fingerprint density at radius 1 is 1.36 bits per heavy atom. The van der Waals surface area contributed by atoms with Gasteiger partial charge in [-0.25, -0.2) is 8.42 Å². The van der Waals surface area contributed by atoms with E-state index in [0.29, 0.717) is 11.8 Å². The van der Waals surface area contributed by atoms with Gasteiger partial charge in [0.2, 0.25) is 0 Å². The molecule has 1 saturated carbocycles. The number of hydrogen-bond donors (Lipinski definition) is 0. The SMILES string of the molecule is CC1CCC(Cl)C(CCS(C)(=O)=O)C1. The highest BCUT2D eigenvalue weighted by Gasteiger charge is 2.27. The summed E-state index contributed by atoms with van der Waals surface area (Å²) in [7, 11) is -2.82. The molecule has 0 bridgehead atoms. The van der Waals surface area contributed by atoms with Crippen LogP contribution in [0.15, 0.2) is 0 Å². The smallest absolute Gasteiger partial charge is 0.147 e. The lowest BCUT2D eigenvalue weighted by molar-refractivity contribution is 0.283. The molecule has 0 aromatic carbocycles. The Morgan fingerprint density at radius 3 is 2.57 bits per heavy atom. The molecule has 1 rings (SSSR count). The average Bonchev–Trinajstić information content (AvgIpc) is 2.05. The van der Waals surface area contributed by atoms with Crippen molar-refractivity contribution in [3.63, 3.8) is 0 Å². The highest BCUT2D eigenvalue weighted by atomic mass is 35.5. The van der Waals surface area contributed by atoms with E-state index in [9.17, 15) is 8.42 Å². The van der Waals surface area contributed by atoms with Crippen molar-refractivity contribution in [2.45, 2.75) is 38.0 Å². The van der Waals surface area contributed by atoms with Gasteiger partial charge in [-0.05, 0) is 37.5 Å². The Morgan fingerprint density at radius 2 is 2.00 bits per heavy atom. The standard InChI is InChI=1S/C10H19ClO2S/c1-8-3-4-10(11)9(7-8)5-6-14(2,12)13/h8-10H,3-7H2,1-2H3. The van der Waals surface area contributed by atoms with E-state index < -0.39 is 9.84 Å². The Kier molecular flexibility index (Phi) is 4.26. The zero-order valence-corrected chi connectivity index (χ0v) is 10.4. The van der Waals surface area contributed by atoms with Gasteiger partial charge in [0.1, 0.15) is 9.84 Å². The molecule has 1 aliphatic rings. The molecule has 3 unspecified atom stereocenters. The Hall–Kier alpha value is 0.240. The molecule has 4 heteroatoms. The molecule has 0 aromatic heterocycles. The largest absolute Gasteiger partial charge is 0.229 e. The molecule has 0 aromatic rings. The Labute approximate surface area is 91.9 Å². The summed E-state index contributed by atoms with van der Waals surface area (Å²) in [4.78, 5) is 0. The molecule has 0 aliphatic heterocycles. The number of alkyl halides is 1. The second-order valence-corrected chi connectivity index (χ2v) is 7.43. The van der Waals surface area contributed by atoms with Crippen LogP contribution in [0, 0.1) is 11.8 Å². The van der Waals surface area contributed by atoms with E-state index in [1.54, 1.807) is 0 Å². The monoisotopic (exact) mass is 238 g/mol. The van der Waals surface area contributed by atoms with E-state index in [1.165, 1.54) is 12.7 Å². The third-order valence-electron chi connectivity index (χ3n) is 3.01. The summed E-state index contributed by atoms with van der Waals surface area (Å²) in [6.45, 7) is 2.22. The van der Waals surface area contributed by atoms with Crippen molar-refractivity contribution in [3.8, 4) is 0 Å². The molecule has 1 aliphatic carbocycles. The highest BCUT2D eigenvalue weighted by molar-refractivity contribution is 7.90. The van der Waals surface area contributed by atoms with Gasteiger partial charge >= 0.3 is 0 Å². The van der Waals surface area contributed by atoms with Crippen molar-refractivity contribution in [2.24, 2.45) is 11.8 Å². The number of hydrogen-bond acceptors (Lipinski definition) is 2. The van der Waals surface area contributed by atoms with Gasteiger partial charge in [0.05, 0.1) is 5.75 Å². The third kappa shape index (κ3) is 4.18. The minimum Gasteiger partial charge on any atom is -0.229 e. The predicted molar refractivity (Wildman–Crippen MR) is 60.5 cm³/mol. The number of sulfone groups is 1. The first-order valence-electron chi connectivity index (χ1n) is 5.20. The molecule has 84 valence electrons. The van der Waals surface area contributed by atoms with Crippen molar-refractivity contribution < 1.29 is 8.42 Å². The normalized spacial score (nSPS) is 34.4. The molecule has 0 radical (unpaired) electrons. The topological polar surface area (TPSA) is 34.1 Å². The fourth-order valence-electron chi connectivity index (χ4n) is 2.13. The molecular weight excluding hydrogens is 220 g/mol. The van der Waals surface area contributed by atoms with E-state index in [4.69, 9.17) is 11.6 Å². The van der Waals surface area contributed by atoms with Gasteiger partial charge in [0.25, 0.3) is 0 Å². The van der Waals surface area contributed by atoms with Gasteiger partial charge in [0.15, 0.2) is 0 Å². The zero-order chi connectivity index (χ0) is 10.8. The quantitative estimate of drug-likeness (QED) is 0.708. The molecule has 0 spiro atoms. The van der Waals surface area contributed by atoms with Crippen LogP contribution in [0.5, 0.6) is 0 Å². The van der Waals surface area contributed by atoms with Gasteiger partial charge in [-0.2, -0.15) is 0 Å². The van der Waals surface area contributed by atoms with Crippen LogP contribution in [0.2, 0.25) is 0 Å². The van der Waals surface area contributed by atoms with E-state index in [2.05, 4.69) is 6.92 Å². The van der Waals surface area contributed by atoms with E-state index >= 15 is 0 Å². The maximum atomic E-state index is 11.0. The fourth-order valence-corrected chi connectivity index (χ4v) is 3.21. The van der Waals surface area contributed by atoms with Crippen molar-refractivity contribution in [3.05, 3.63) is 0 Å². The lowest BCUT2D eigenvalue weighted by atomic mass is 9.81. The van der Waals surface area contributed by atoms with Crippen LogP contribution in [0.25, 0.3) is 0 Å². The molecule has 0 saturated heterocycles. The first-order valence-corrected chi connectivity index (χ1v) is 7.70. The Bertz CT molecular complexity index is 274. The molecule has 3 atom stereocenters. The van der Waals surface area contributed by atoms with E-state index in [1.807, 2.05) is 0 Å². The third-order valence-corrected chi connectivity index (χ3v) is 4.56. The van der Waals surface area contributed by atoms with Gasteiger partial charge in [0, 0.05) is 11.6 Å². The van der Waals surface area contributed by atoms with Crippen LogP contribution >= 0.6 is 11.6 Å². The minimum atomic E-state index is -2.82. The lowest BCUT2D eigenvalue weighted by Gasteiger charge is -2.30. The fraction of sp³-hybridized carbons (Fsp3) is 1.00. The van der Waals surface area contributed by atoms with Crippen LogP contribution in [-0.2, 0) is 9.84 Å². The molecule has 0 N–H and O–H groups in total. The zero-order valence-electron chi connectivity index (χ0n) is 8.87. The maximum absolute atomic E-state index is 11.0. The lowest BCUT2D eigenvalue weighted by Crippen LogP contribution is -2.26. The summed E-state index contributed by atoms with van der Waals surface area (Å²) >= 11 is 6.18. The van der Waals surface area contributed by atoms with Gasteiger partial charge in [-0.3, -0.25) is 0 Å². The molecular formula is C10H19ClO2S. The Balaban J connectivity index is 2.42. The van der Waals surface area contributed by atoms with Crippen LogP contribution in [-0.4, -0.2) is 25.8 Å².